The van der Waals surface area contributed by atoms with E-state index in [2.05, 4.69) is 110 Å². The Balaban J connectivity index is 1.04. The average Bonchev–Trinajstić information content (AvgIpc) is 3.05. The van der Waals surface area contributed by atoms with E-state index in [0.29, 0.717) is 21.7 Å². The van der Waals surface area contributed by atoms with Crippen molar-refractivity contribution in [1.29, 1.82) is 0 Å². The maximum Gasteiger partial charge on any atom is 0.146 e. The zero-order valence-electron chi connectivity index (χ0n) is 37.1. The van der Waals surface area contributed by atoms with Crippen molar-refractivity contribution in [2.45, 2.75) is 208 Å². The van der Waals surface area contributed by atoms with E-state index in [9.17, 15) is 0 Å². The van der Waals surface area contributed by atoms with Gasteiger partial charge in [0.2, 0.25) is 0 Å². The van der Waals surface area contributed by atoms with Crippen molar-refractivity contribution in [2.24, 2.45) is 92.7 Å². The minimum atomic E-state index is -1.51. The van der Waals surface area contributed by atoms with Gasteiger partial charge in [0.05, 0.1) is 8.07 Å². The highest BCUT2D eigenvalue weighted by atomic mass is 28.3. The highest BCUT2D eigenvalue weighted by Gasteiger charge is 2.65. The first-order valence-corrected chi connectivity index (χ1v) is 26.7. The van der Waals surface area contributed by atoms with Gasteiger partial charge in [0.1, 0.15) is 13.4 Å². The van der Waals surface area contributed by atoms with Crippen LogP contribution < -0.4 is 0 Å². The van der Waals surface area contributed by atoms with Gasteiger partial charge in [0, 0.05) is 0 Å². The molecule has 288 valence electrons. The van der Waals surface area contributed by atoms with Gasteiger partial charge >= 0.3 is 0 Å². The summed E-state index contributed by atoms with van der Waals surface area (Å²) in [6, 6.07) is 0. The summed E-state index contributed by atoms with van der Waals surface area (Å²) < 4.78 is 0. The topological polar surface area (TPSA) is 0 Å². The van der Waals surface area contributed by atoms with Crippen LogP contribution in [0.4, 0.5) is 0 Å². The third kappa shape index (κ3) is 5.35. The third-order valence-electron chi connectivity index (χ3n) is 23.6. The van der Waals surface area contributed by atoms with Gasteiger partial charge in [-0.3, -0.25) is 0 Å². The van der Waals surface area contributed by atoms with E-state index in [1.54, 1.807) is 64.0 Å². The van der Waals surface area contributed by atoms with Crippen molar-refractivity contribution in [3.63, 3.8) is 0 Å². The molecule has 0 spiro atoms. The van der Waals surface area contributed by atoms with Crippen LogP contribution in [0, 0.1) is 92.7 Å². The lowest BCUT2D eigenvalue weighted by Gasteiger charge is -2.67. The number of hydrogen-bond acceptors (Lipinski definition) is 0. The second-order valence-corrected chi connectivity index (χ2v) is 31.5. The van der Waals surface area contributed by atoms with Crippen LogP contribution in [0.15, 0.2) is 0 Å². The molecule has 51 heavy (non-hydrogen) atoms. The SMILES string of the molecule is CC1C(B(C[C@@H](C)[Si](C)(C)[C@@H](C)CB(C2CC3CC(C2C)C3(C)C)C2CC3CC(C2C)C3(C)C)C2CC3CC(C2C)C3(C)C)CC2CC1C2(C)C. The van der Waals surface area contributed by atoms with Crippen LogP contribution in [0.25, 0.3) is 0 Å². The Bertz CT molecular complexity index is 1150. The van der Waals surface area contributed by atoms with Crippen LogP contribution in [0.1, 0.15) is 148 Å². The van der Waals surface area contributed by atoms with Crippen molar-refractivity contribution in [3.05, 3.63) is 0 Å². The largest absolute Gasteiger partial charge is 0.146 e. The molecule has 8 bridgehead atoms. The summed E-state index contributed by atoms with van der Waals surface area (Å²) >= 11 is 0. The lowest BCUT2D eigenvalue weighted by molar-refractivity contribution is -0.107. The summed E-state index contributed by atoms with van der Waals surface area (Å²) in [6.07, 6.45) is 15.5. The Kier molecular flexibility index (Phi) is 9.13. The van der Waals surface area contributed by atoms with Gasteiger partial charge in [-0.25, -0.2) is 0 Å². The van der Waals surface area contributed by atoms with Crippen LogP contribution in [-0.2, 0) is 0 Å². The van der Waals surface area contributed by atoms with Crippen molar-refractivity contribution < 1.29 is 0 Å². The van der Waals surface area contributed by atoms with Gasteiger partial charge in [-0.15, -0.1) is 0 Å². The fourth-order valence-electron chi connectivity index (χ4n) is 18.3. The fraction of sp³-hybridized carbons (Fsp3) is 1.00. The second kappa shape index (κ2) is 12.2. The molecule has 0 heterocycles. The summed E-state index contributed by atoms with van der Waals surface area (Å²) in [6.45, 7) is 45.5. The molecule has 12 aliphatic carbocycles. The van der Waals surface area contributed by atoms with E-state index >= 15 is 0 Å². The molecule has 0 saturated heterocycles. The van der Waals surface area contributed by atoms with Crippen LogP contribution >= 0.6 is 0 Å². The summed E-state index contributed by atoms with van der Waals surface area (Å²) in [5.41, 5.74) is 4.27. The summed E-state index contributed by atoms with van der Waals surface area (Å²) in [7, 11) is -1.51. The van der Waals surface area contributed by atoms with Crippen LogP contribution in [0.2, 0.25) is 60.1 Å². The lowest BCUT2D eigenvalue weighted by Crippen LogP contribution is -2.60. The molecule has 3 heteroatoms. The molecule has 12 rings (SSSR count). The minimum Gasteiger partial charge on any atom is -0.0735 e. The maximum atomic E-state index is 2.90. The normalized spacial score (nSPS) is 50.4. The van der Waals surface area contributed by atoms with Gasteiger partial charge in [-0.1, -0.05) is 183 Å². The van der Waals surface area contributed by atoms with Crippen molar-refractivity contribution in [3.8, 4) is 0 Å². The zero-order valence-corrected chi connectivity index (χ0v) is 38.1. The summed E-state index contributed by atoms with van der Waals surface area (Å²) in [4.78, 5) is 0. The summed E-state index contributed by atoms with van der Waals surface area (Å²) in [5.74, 6) is 15.6. The molecule has 12 fully saturated rings. The molecule has 0 aromatic heterocycles. The second-order valence-electron chi connectivity index (χ2n) is 25.9. The van der Waals surface area contributed by atoms with E-state index in [4.69, 9.17) is 0 Å². The van der Waals surface area contributed by atoms with Gasteiger partial charge in [0.25, 0.3) is 0 Å². The van der Waals surface area contributed by atoms with Crippen molar-refractivity contribution >= 4 is 21.5 Å². The smallest absolute Gasteiger partial charge is 0.0735 e. The first-order valence-electron chi connectivity index (χ1n) is 23.5. The predicted molar refractivity (Wildman–Crippen MR) is 229 cm³/mol. The lowest BCUT2D eigenvalue weighted by atomic mass is 9.20. The van der Waals surface area contributed by atoms with Crippen molar-refractivity contribution in [1.82, 2.24) is 0 Å². The number of rotatable bonds is 10. The minimum absolute atomic E-state index is 0.601. The van der Waals surface area contributed by atoms with E-state index in [0.717, 1.165) is 119 Å². The highest BCUT2D eigenvalue weighted by Crippen LogP contribution is 2.72. The van der Waals surface area contributed by atoms with Gasteiger partial charge < -0.3 is 0 Å². The molecule has 18 atom stereocenters. The van der Waals surface area contributed by atoms with Gasteiger partial charge in [-0.2, -0.15) is 0 Å². The quantitative estimate of drug-likeness (QED) is 0.198. The van der Waals surface area contributed by atoms with Crippen LogP contribution in [0.5, 0.6) is 0 Å². The monoisotopic (exact) mass is 713 g/mol. The molecule has 0 amide bonds. The molecule has 0 aromatic rings. The average molecular weight is 713 g/mol. The van der Waals surface area contributed by atoms with E-state index < -0.39 is 8.07 Å². The molecule has 0 aliphatic heterocycles. The van der Waals surface area contributed by atoms with Crippen LogP contribution in [-0.4, -0.2) is 21.5 Å². The van der Waals surface area contributed by atoms with E-state index in [1.807, 2.05) is 0 Å². The third-order valence-corrected chi connectivity index (χ3v) is 29.2. The molecule has 0 nitrogen and oxygen atoms in total. The van der Waals surface area contributed by atoms with Gasteiger partial charge in [-0.05, 0) is 118 Å². The molecular formula is C48H86B2Si. The van der Waals surface area contributed by atoms with E-state index in [-0.39, 0.29) is 0 Å². The number of fused-ring (bicyclic) bond motifs is 8. The zero-order chi connectivity index (χ0) is 37.1. The molecular weight excluding hydrogens is 626 g/mol. The molecule has 12 aliphatic rings. The Morgan fingerprint density at radius 3 is 0.824 bits per heavy atom. The molecule has 0 aromatic carbocycles. The van der Waals surface area contributed by atoms with Crippen LogP contribution in [0.3, 0.4) is 0 Å². The molecule has 12 saturated carbocycles. The molecule has 16 unspecified atom stereocenters. The number of hydrogen-bond donors (Lipinski definition) is 0. The van der Waals surface area contributed by atoms with Crippen molar-refractivity contribution in [2.75, 3.05) is 0 Å². The molecule has 0 radical (unpaired) electrons. The fourth-order valence-corrected chi connectivity index (χ4v) is 21.0. The summed E-state index contributed by atoms with van der Waals surface area (Å²) in [5, 5.41) is 0. The first kappa shape index (κ1) is 38.2. The van der Waals surface area contributed by atoms with Gasteiger partial charge in [0.15, 0.2) is 0 Å². The maximum absolute atomic E-state index is 2.90. The van der Waals surface area contributed by atoms with E-state index in [1.165, 1.54) is 0 Å². The first-order chi connectivity index (χ1) is 23.5. The Morgan fingerprint density at radius 2 is 0.647 bits per heavy atom. The standard InChI is InChI=1S/C48H86B2Si/c1-27(25-49(41-21-33-17-37(29(41)3)45(33,7)8)42-22-34-18-38(30(42)4)46(34,9)10)51(15,16)28(2)26-50(43-23-35-19-39(31(43)5)47(35,11)12)44-24-36-20-40(32(44)6)48(36,13)14/h27-44H,17-26H2,1-16H3/t27-,28+,29?,30?,31?,32?,33?,34?,35?,36?,37?,38?,39?,40?,41?,42?,43?,44?. The predicted octanol–water partition coefficient (Wildman–Crippen LogP) is 14.8. The Hall–Kier alpha value is 0.347. The Morgan fingerprint density at radius 1 is 0.431 bits per heavy atom. The molecule has 0 N–H and O–H groups in total. The Labute approximate surface area is 321 Å². The highest BCUT2D eigenvalue weighted by molar-refractivity contribution is 6.83.